The second kappa shape index (κ2) is 8.05. The first-order valence-corrected chi connectivity index (χ1v) is 7.09. The summed E-state index contributed by atoms with van der Waals surface area (Å²) >= 11 is 0. The van der Waals surface area contributed by atoms with E-state index in [0.717, 1.165) is 17.7 Å². The van der Waals surface area contributed by atoms with Gasteiger partial charge >= 0.3 is 12.1 Å². The molecule has 24 heavy (non-hydrogen) atoms. The summed E-state index contributed by atoms with van der Waals surface area (Å²) in [7, 11) is 0. The molecule has 0 aliphatic rings. The van der Waals surface area contributed by atoms with Gasteiger partial charge in [-0.05, 0) is 12.5 Å². The van der Waals surface area contributed by atoms with Crippen LogP contribution >= 0.6 is 0 Å². The molecule has 0 saturated carbocycles. The molecule has 5 nitrogen and oxygen atoms in total. The zero-order valence-corrected chi connectivity index (χ0v) is 12.8. The van der Waals surface area contributed by atoms with E-state index in [-0.39, 0.29) is 12.4 Å². The van der Waals surface area contributed by atoms with Gasteiger partial charge in [0, 0.05) is 18.2 Å². The maximum atomic E-state index is 13.0. The van der Waals surface area contributed by atoms with Crippen molar-refractivity contribution in [1.29, 1.82) is 0 Å². The topological polar surface area (TPSA) is 64.6 Å². The average Bonchev–Trinajstić information content (AvgIpc) is 2.53. The summed E-state index contributed by atoms with van der Waals surface area (Å²) in [6, 6.07) is 10.3. The Morgan fingerprint density at radius 1 is 1.08 bits per heavy atom. The number of esters is 1. The van der Waals surface area contributed by atoms with Gasteiger partial charge in [0.1, 0.15) is 30.0 Å². The van der Waals surface area contributed by atoms with Crippen LogP contribution in [0, 0.1) is 11.6 Å². The molecule has 0 bridgehead atoms. The van der Waals surface area contributed by atoms with E-state index in [0.29, 0.717) is 6.07 Å². The predicted octanol–water partition coefficient (Wildman–Crippen LogP) is 3.19. The Morgan fingerprint density at radius 3 is 2.33 bits per heavy atom. The average molecular weight is 335 g/mol. The highest BCUT2D eigenvalue weighted by molar-refractivity contribution is 5.82. The quantitative estimate of drug-likeness (QED) is 0.673. The first-order chi connectivity index (χ1) is 11.4. The number of carbonyl (C=O) groups excluding carboxylic acids is 2. The minimum absolute atomic E-state index is 0.0452. The van der Waals surface area contributed by atoms with Gasteiger partial charge in [-0.1, -0.05) is 30.3 Å². The Labute approximate surface area is 137 Å². The predicted molar refractivity (Wildman–Crippen MR) is 81.2 cm³/mol. The standard InChI is InChI=1S/C17H15F2NO4/c1-11(16(21)24-15-8-13(18)7-14(19)9-15)20-17(22)23-10-12-5-3-2-4-6-12/h2-9,11H,10H2,1H3,(H,20,22). The van der Waals surface area contributed by atoms with Crippen molar-refractivity contribution in [3.8, 4) is 5.75 Å². The molecule has 2 rings (SSSR count). The van der Waals surface area contributed by atoms with Crippen molar-refractivity contribution < 1.29 is 27.8 Å². The van der Waals surface area contributed by atoms with Crippen molar-refractivity contribution in [2.45, 2.75) is 19.6 Å². The zero-order valence-electron chi connectivity index (χ0n) is 12.8. The van der Waals surface area contributed by atoms with E-state index in [2.05, 4.69) is 5.32 Å². The van der Waals surface area contributed by atoms with Gasteiger partial charge in [-0.25, -0.2) is 18.4 Å². The molecule has 0 spiro atoms. The fraction of sp³-hybridized carbons (Fsp3) is 0.176. The molecular formula is C17H15F2NO4. The third kappa shape index (κ3) is 5.35. The zero-order chi connectivity index (χ0) is 17.5. The lowest BCUT2D eigenvalue weighted by Crippen LogP contribution is -2.41. The molecule has 0 fully saturated rings. The van der Waals surface area contributed by atoms with Crippen LogP contribution in [0.15, 0.2) is 48.5 Å². The maximum absolute atomic E-state index is 13.0. The highest BCUT2D eigenvalue weighted by Gasteiger charge is 2.19. The molecule has 7 heteroatoms. The first kappa shape index (κ1) is 17.4. The lowest BCUT2D eigenvalue weighted by Gasteiger charge is -2.13. The minimum Gasteiger partial charge on any atom is -0.445 e. The number of alkyl carbamates (subject to hydrolysis) is 1. The summed E-state index contributed by atoms with van der Waals surface area (Å²) in [6.07, 6.45) is -0.811. The normalized spacial score (nSPS) is 11.5. The van der Waals surface area contributed by atoms with Crippen molar-refractivity contribution in [3.05, 3.63) is 65.7 Å². The van der Waals surface area contributed by atoms with Crippen LogP contribution in [0.5, 0.6) is 5.75 Å². The number of halogens is 2. The number of ether oxygens (including phenoxy) is 2. The third-order valence-corrected chi connectivity index (χ3v) is 2.96. The van der Waals surface area contributed by atoms with Crippen LogP contribution in [0.1, 0.15) is 12.5 Å². The highest BCUT2D eigenvalue weighted by atomic mass is 19.1. The maximum Gasteiger partial charge on any atom is 0.408 e. The van der Waals surface area contributed by atoms with Gasteiger partial charge in [0.25, 0.3) is 0 Å². The molecule has 1 unspecified atom stereocenters. The lowest BCUT2D eigenvalue weighted by molar-refractivity contribution is -0.136. The third-order valence-electron chi connectivity index (χ3n) is 2.96. The highest BCUT2D eigenvalue weighted by Crippen LogP contribution is 2.15. The summed E-state index contributed by atoms with van der Waals surface area (Å²) < 4.78 is 35.8. The number of benzene rings is 2. The Hall–Kier alpha value is -2.96. The number of carbonyl (C=O) groups is 2. The number of hydrogen-bond acceptors (Lipinski definition) is 4. The summed E-state index contributed by atoms with van der Waals surface area (Å²) in [5, 5.41) is 2.28. The molecule has 0 aliphatic carbocycles. The Kier molecular flexibility index (Phi) is 5.83. The number of rotatable bonds is 5. The number of amides is 1. The van der Waals surface area contributed by atoms with Gasteiger partial charge in [-0.15, -0.1) is 0 Å². The smallest absolute Gasteiger partial charge is 0.408 e. The molecule has 0 aromatic heterocycles. The number of nitrogens with one attached hydrogen (secondary N) is 1. The summed E-state index contributed by atoms with van der Waals surface area (Å²) in [5.74, 6) is -2.91. The van der Waals surface area contributed by atoms with Gasteiger partial charge in [0.05, 0.1) is 0 Å². The summed E-state index contributed by atoms with van der Waals surface area (Å²) in [6.45, 7) is 1.41. The van der Waals surface area contributed by atoms with Crippen LogP contribution in [-0.2, 0) is 16.1 Å². The lowest BCUT2D eigenvalue weighted by atomic mass is 10.2. The van der Waals surface area contributed by atoms with Crippen molar-refractivity contribution in [3.63, 3.8) is 0 Å². The van der Waals surface area contributed by atoms with E-state index in [1.165, 1.54) is 6.92 Å². The second-order valence-corrected chi connectivity index (χ2v) is 4.95. The molecule has 0 heterocycles. The van der Waals surface area contributed by atoms with Gasteiger partial charge in [-0.2, -0.15) is 0 Å². The van der Waals surface area contributed by atoms with E-state index in [4.69, 9.17) is 9.47 Å². The van der Waals surface area contributed by atoms with Crippen molar-refractivity contribution in [2.24, 2.45) is 0 Å². The number of hydrogen-bond donors (Lipinski definition) is 1. The van der Waals surface area contributed by atoms with Crippen LogP contribution in [0.3, 0.4) is 0 Å². The molecule has 0 aliphatic heterocycles. The Balaban J connectivity index is 1.83. The fourth-order valence-electron chi connectivity index (χ4n) is 1.79. The Bertz CT molecular complexity index is 702. The van der Waals surface area contributed by atoms with Crippen molar-refractivity contribution in [2.75, 3.05) is 0 Å². The molecule has 126 valence electrons. The molecule has 2 aromatic rings. The molecular weight excluding hydrogens is 320 g/mol. The van der Waals surface area contributed by atoms with Gasteiger partial charge in [0.15, 0.2) is 0 Å². The van der Waals surface area contributed by atoms with E-state index in [1.807, 2.05) is 6.07 Å². The summed E-state index contributed by atoms with van der Waals surface area (Å²) in [4.78, 5) is 23.4. The molecule has 0 saturated heterocycles. The van der Waals surface area contributed by atoms with Crippen LogP contribution in [-0.4, -0.2) is 18.1 Å². The van der Waals surface area contributed by atoms with Crippen molar-refractivity contribution >= 4 is 12.1 Å². The monoisotopic (exact) mass is 335 g/mol. The van der Waals surface area contributed by atoms with Gasteiger partial charge < -0.3 is 14.8 Å². The van der Waals surface area contributed by atoms with Crippen LogP contribution < -0.4 is 10.1 Å². The molecule has 1 N–H and O–H groups in total. The van der Waals surface area contributed by atoms with Gasteiger partial charge in [-0.3, -0.25) is 0 Å². The van der Waals surface area contributed by atoms with Crippen LogP contribution in [0.25, 0.3) is 0 Å². The Morgan fingerprint density at radius 2 is 1.71 bits per heavy atom. The SMILES string of the molecule is CC(NC(=O)OCc1ccccc1)C(=O)Oc1cc(F)cc(F)c1. The minimum atomic E-state index is -1.06. The van der Waals surface area contributed by atoms with E-state index >= 15 is 0 Å². The van der Waals surface area contributed by atoms with E-state index < -0.39 is 29.7 Å². The molecule has 1 amide bonds. The second-order valence-electron chi connectivity index (χ2n) is 4.95. The molecule has 1 atom stereocenters. The van der Waals surface area contributed by atoms with E-state index in [9.17, 15) is 18.4 Å². The van der Waals surface area contributed by atoms with Gasteiger partial charge in [0.2, 0.25) is 0 Å². The molecule has 2 aromatic carbocycles. The largest absolute Gasteiger partial charge is 0.445 e. The van der Waals surface area contributed by atoms with Crippen LogP contribution in [0.4, 0.5) is 13.6 Å². The van der Waals surface area contributed by atoms with E-state index in [1.54, 1.807) is 24.3 Å². The first-order valence-electron chi connectivity index (χ1n) is 7.09. The molecule has 0 radical (unpaired) electrons. The summed E-state index contributed by atoms with van der Waals surface area (Å²) in [5.41, 5.74) is 0.790. The van der Waals surface area contributed by atoms with Crippen molar-refractivity contribution in [1.82, 2.24) is 5.32 Å². The van der Waals surface area contributed by atoms with Crippen LogP contribution in [0.2, 0.25) is 0 Å². The fourth-order valence-corrected chi connectivity index (χ4v) is 1.79.